The van der Waals surface area contributed by atoms with Crippen LogP contribution in [-0.4, -0.2) is 40.3 Å². The molecule has 1 aliphatic rings. The second-order valence-electron chi connectivity index (χ2n) is 6.11. The predicted molar refractivity (Wildman–Crippen MR) is 99.5 cm³/mol. The monoisotopic (exact) mass is 426 g/mol. The third-order valence-electron chi connectivity index (χ3n) is 4.93. The molecule has 0 spiro atoms. The van der Waals surface area contributed by atoms with E-state index in [2.05, 4.69) is 61.3 Å². The van der Waals surface area contributed by atoms with Crippen LogP contribution < -0.4 is 0 Å². The first-order chi connectivity index (χ1) is 9.98. The van der Waals surface area contributed by atoms with E-state index in [4.69, 9.17) is 13.9 Å². The predicted octanol–water partition coefficient (Wildman–Crippen LogP) is 4.77. The fourth-order valence-electron chi connectivity index (χ4n) is 3.18. The lowest BCUT2D eigenvalue weighted by atomic mass is 9.91. The Balaban J connectivity index is 3.07. The van der Waals surface area contributed by atoms with Crippen LogP contribution in [0.25, 0.3) is 0 Å². The van der Waals surface area contributed by atoms with Crippen molar-refractivity contribution in [2.75, 3.05) is 13.7 Å². The van der Waals surface area contributed by atoms with Crippen LogP contribution in [0.5, 0.6) is 0 Å². The maximum absolute atomic E-state index is 6.78. The lowest BCUT2D eigenvalue weighted by molar-refractivity contribution is -0.152. The highest BCUT2D eigenvalue weighted by Crippen LogP contribution is 2.34. The summed E-state index contributed by atoms with van der Waals surface area (Å²) in [5.41, 5.74) is 1.24. The van der Waals surface area contributed by atoms with Gasteiger partial charge in [-0.1, -0.05) is 50.3 Å². The maximum atomic E-state index is 6.78. The Morgan fingerprint density at radius 2 is 1.81 bits per heavy atom. The zero-order valence-corrected chi connectivity index (χ0v) is 17.5. The van der Waals surface area contributed by atoms with Gasteiger partial charge in [-0.25, -0.2) is 0 Å². The minimum atomic E-state index is -1.68. The fraction of sp³-hybridized carbons (Fsp3) is 0.875. The van der Waals surface area contributed by atoms with Crippen LogP contribution in [0.4, 0.5) is 0 Å². The molecule has 0 aliphatic carbocycles. The first-order valence-electron chi connectivity index (χ1n) is 8.07. The van der Waals surface area contributed by atoms with Crippen LogP contribution in [0.1, 0.15) is 34.6 Å². The van der Waals surface area contributed by atoms with E-state index in [1.807, 2.05) is 0 Å². The Morgan fingerprint density at radius 1 is 1.24 bits per heavy atom. The summed E-state index contributed by atoms with van der Waals surface area (Å²) in [5.74, 6) is 0.371. The molecule has 0 unspecified atom stereocenters. The minimum Gasteiger partial charge on any atom is -0.408 e. The van der Waals surface area contributed by atoms with Crippen molar-refractivity contribution in [1.82, 2.24) is 0 Å². The van der Waals surface area contributed by atoms with Crippen molar-refractivity contribution in [1.29, 1.82) is 0 Å². The second kappa shape index (κ2) is 9.01. The smallest absolute Gasteiger partial charge is 0.192 e. The summed E-state index contributed by atoms with van der Waals surface area (Å²) in [6.45, 7) is 11.9. The zero-order chi connectivity index (χ0) is 16.0. The average molecular weight is 426 g/mol. The Labute approximate surface area is 145 Å². The highest BCUT2D eigenvalue weighted by atomic mass is 127. The molecule has 0 aromatic heterocycles. The van der Waals surface area contributed by atoms with E-state index in [1.165, 1.54) is 5.57 Å². The van der Waals surface area contributed by atoms with Crippen molar-refractivity contribution in [3.05, 3.63) is 9.66 Å². The quantitative estimate of drug-likeness (QED) is 0.434. The van der Waals surface area contributed by atoms with Crippen LogP contribution in [-0.2, 0) is 13.9 Å². The molecule has 0 radical (unpaired) electrons. The van der Waals surface area contributed by atoms with Gasteiger partial charge in [0.05, 0.1) is 12.7 Å². The molecule has 124 valence electrons. The number of hydrogen-bond donors (Lipinski definition) is 0. The zero-order valence-electron chi connectivity index (χ0n) is 14.3. The van der Waals surface area contributed by atoms with Crippen molar-refractivity contribution >= 4 is 30.9 Å². The number of halogens is 1. The van der Waals surface area contributed by atoms with Gasteiger partial charge < -0.3 is 13.9 Å². The van der Waals surface area contributed by atoms with Gasteiger partial charge in [-0.15, -0.1) is 0 Å². The van der Waals surface area contributed by atoms with E-state index in [9.17, 15) is 0 Å². The molecule has 4 atom stereocenters. The molecule has 5 heteroatoms. The van der Waals surface area contributed by atoms with Crippen molar-refractivity contribution in [2.24, 2.45) is 5.92 Å². The van der Waals surface area contributed by atoms with E-state index in [1.54, 1.807) is 7.11 Å². The van der Waals surface area contributed by atoms with Crippen LogP contribution in [0.2, 0.25) is 18.1 Å². The van der Waals surface area contributed by atoms with E-state index >= 15 is 0 Å². The van der Waals surface area contributed by atoms with E-state index in [0.29, 0.717) is 5.92 Å². The molecular weight excluding hydrogens is 395 g/mol. The Bertz CT molecular complexity index is 336. The highest BCUT2D eigenvalue weighted by molar-refractivity contribution is 14.1. The lowest BCUT2D eigenvalue weighted by Gasteiger charge is -2.45. The third-order valence-corrected chi connectivity index (χ3v) is 10.6. The van der Waals surface area contributed by atoms with Gasteiger partial charge in [0.15, 0.2) is 8.32 Å². The molecule has 0 bridgehead atoms. The van der Waals surface area contributed by atoms with Crippen molar-refractivity contribution in [2.45, 2.75) is 71.1 Å². The normalized spacial score (nSPS) is 31.5. The SMILES string of the molecule is CC[Si](CC)(CC)O[C@H]1[C@H](OC)[C@H](C)CO[C@@H]1/C(C)=C/I. The van der Waals surface area contributed by atoms with Crippen molar-refractivity contribution in [3.63, 3.8) is 0 Å². The van der Waals surface area contributed by atoms with Crippen molar-refractivity contribution < 1.29 is 13.9 Å². The average Bonchev–Trinajstić information content (AvgIpc) is 2.52. The summed E-state index contributed by atoms with van der Waals surface area (Å²) in [4.78, 5) is 0. The van der Waals surface area contributed by atoms with Gasteiger partial charge in [0.25, 0.3) is 0 Å². The molecule has 1 fully saturated rings. The fourth-order valence-corrected chi connectivity index (χ4v) is 6.37. The molecule has 3 nitrogen and oxygen atoms in total. The summed E-state index contributed by atoms with van der Waals surface area (Å²) >= 11 is 2.29. The van der Waals surface area contributed by atoms with E-state index < -0.39 is 8.32 Å². The minimum absolute atomic E-state index is 0.0243. The number of rotatable bonds is 7. The highest BCUT2D eigenvalue weighted by Gasteiger charge is 2.44. The summed E-state index contributed by atoms with van der Waals surface area (Å²) in [5, 5.41) is 0. The summed E-state index contributed by atoms with van der Waals surface area (Å²) in [6, 6.07) is 3.46. The third kappa shape index (κ3) is 4.53. The van der Waals surface area contributed by atoms with Gasteiger partial charge in [-0.3, -0.25) is 0 Å². The molecule has 1 rings (SSSR count). The molecule has 0 saturated carbocycles. The molecule has 0 amide bonds. The molecule has 21 heavy (non-hydrogen) atoms. The molecule has 0 aromatic rings. The topological polar surface area (TPSA) is 27.7 Å². The summed E-state index contributed by atoms with van der Waals surface area (Å²) < 4.78 is 20.8. The Morgan fingerprint density at radius 3 is 2.24 bits per heavy atom. The molecule has 1 saturated heterocycles. The Hall–Kier alpha value is 0.567. The second-order valence-corrected chi connectivity index (χ2v) is 11.5. The van der Waals surface area contributed by atoms with Gasteiger partial charge >= 0.3 is 0 Å². The van der Waals surface area contributed by atoms with E-state index in [-0.39, 0.29) is 18.3 Å². The molecule has 0 N–H and O–H groups in total. The van der Waals surface area contributed by atoms with E-state index in [0.717, 1.165) is 24.7 Å². The van der Waals surface area contributed by atoms with Crippen LogP contribution in [0, 0.1) is 5.92 Å². The van der Waals surface area contributed by atoms with Gasteiger partial charge in [-0.05, 0) is 34.7 Å². The standard InChI is InChI=1S/C16H31IO3Si/c1-7-21(8-2,9-3)20-16-14(18-6)13(5)11-19-15(16)12(4)10-17/h10,13-16H,7-9,11H2,1-6H3/b12-10+/t13-,14-,15-,16+/m1/s1. The molecule has 1 aliphatic heterocycles. The number of methoxy groups -OCH3 is 1. The summed E-state index contributed by atoms with van der Waals surface area (Å²) in [6.07, 6.45) is 0.169. The number of ether oxygens (including phenoxy) is 2. The molecule has 1 heterocycles. The van der Waals surface area contributed by atoms with Crippen LogP contribution >= 0.6 is 22.6 Å². The van der Waals surface area contributed by atoms with Gasteiger partial charge in [0, 0.05) is 13.0 Å². The summed E-state index contributed by atoms with van der Waals surface area (Å²) in [7, 11) is 0.119. The first-order valence-corrected chi connectivity index (χ1v) is 11.8. The largest absolute Gasteiger partial charge is 0.408 e. The van der Waals surface area contributed by atoms with Crippen LogP contribution in [0.15, 0.2) is 9.66 Å². The maximum Gasteiger partial charge on any atom is 0.192 e. The molecule has 0 aromatic carbocycles. The van der Waals surface area contributed by atoms with Crippen molar-refractivity contribution in [3.8, 4) is 0 Å². The molecular formula is C16H31IO3Si. The van der Waals surface area contributed by atoms with Gasteiger partial charge in [0.2, 0.25) is 0 Å². The lowest BCUT2D eigenvalue weighted by Crippen LogP contribution is -2.56. The first kappa shape index (κ1) is 19.6. The number of hydrogen-bond acceptors (Lipinski definition) is 3. The van der Waals surface area contributed by atoms with Gasteiger partial charge in [0.1, 0.15) is 12.2 Å². The van der Waals surface area contributed by atoms with Crippen LogP contribution in [0.3, 0.4) is 0 Å². The van der Waals surface area contributed by atoms with Gasteiger partial charge in [-0.2, -0.15) is 0 Å². The Kier molecular flexibility index (Phi) is 8.41.